The molecule has 0 aromatic rings. The second kappa shape index (κ2) is 59.1. The standard InChI is InChI=1S/C16H29NO2.C15H27NO2.C14H27NO4.C14H28O4.C10H19NO2.C10H20O.CH4/c1-5-12-6-8-13(9-7-12)15(19)17-11-10-14(18)16(2,3)4;1-4-12-5-7-13(8-6-12)15(18)16-10-9-14(17)11(2)3;1-5-13(17)15-7-9-19-11-10-18-8-6-12(16)14(2,3)4;1-5-7-16-9-11-18-12-10-17-8-6-13(15)14(2,3)4;1-5-9(13)11-7-6-8(12)10(2,3)4;1-6-7-8(2)9(11)10(3,4)5;/h12-13H,5-11H2,1-4H3,(H,17,19);11-13H,4-10H2,1-3H3,(H,16,18);5-11H2,1-4H3,(H,15,17);5-12H2,1-4H3;5-7H2,1-4H3,(H,11,13);8H,6-7H2,1-5H3;1H4. The van der Waals surface area contributed by atoms with E-state index >= 15 is 0 Å². The maximum atomic E-state index is 12.0. The van der Waals surface area contributed by atoms with Crippen LogP contribution in [0.5, 0.6) is 0 Å². The number of ketones is 6. The van der Waals surface area contributed by atoms with E-state index in [1.165, 1.54) is 38.5 Å². The molecule has 0 bridgehead atoms. The summed E-state index contributed by atoms with van der Waals surface area (Å²) in [6, 6.07) is 0. The summed E-state index contributed by atoms with van der Waals surface area (Å²) < 4.78 is 26.5. The highest BCUT2D eigenvalue weighted by atomic mass is 16.5. The van der Waals surface area contributed by atoms with Crippen molar-refractivity contribution >= 4 is 58.3 Å². The van der Waals surface area contributed by atoms with Gasteiger partial charge in [0.15, 0.2) is 0 Å². The Kier molecular flexibility index (Phi) is 61.7. The van der Waals surface area contributed by atoms with Gasteiger partial charge in [0.05, 0.1) is 59.5 Å². The van der Waals surface area contributed by atoms with Crippen molar-refractivity contribution in [3.63, 3.8) is 0 Å². The first-order valence-corrected chi connectivity index (χ1v) is 37.7. The molecule has 2 aliphatic rings. The van der Waals surface area contributed by atoms with Crippen LogP contribution < -0.4 is 21.3 Å². The lowest BCUT2D eigenvalue weighted by Crippen LogP contribution is -2.35. The van der Waals surface area contributed by atoms with Crippen molar-refractivity contribution in [1.82, 2.24) is 21.3 Å². The highest BCUT2D eigenvalue weighted by molar-refractivity contribution is 5.87. The van der Waals surface area contributed by atoms with Gasteiger partial charge in [0, 0.05) is 128 Å². The average molecular weight is 1410 g/mol. The fraction of sp³-hybridized carbons (Fsp3) is 0.875. The summed E-state index contributed by atoms with van der Waals surface area (Å²) in [5.41, 5.74) is -1.32. The molecule has 19 nitrogen and oxygen atoms in total. The quantitative estimate of drug-likeness (QED) is 0.0417. The first-order chi connectivity index (χ1) is 45.5. The van der Waals surface area contributed by atoms with Gasteiger partial charge in [-0.25, -0.2) is 0 Å². The van der Waals surface area contributed by atoms with E-state index in [2.05, 4.69) is 49.0 Å². The monoisotopic (exact) mass is 1410 g/mol. The Hall–Kier alpha value is -4.30. The van der Waals surface area contributed by atoms with Gasteiger partial charge < -0.3 is 45.0 Å². The van der Waals surface area contributed by atoms with Crippen molar-refractivity contribution in [2.45, 2.75) is 302 Å². The molecular weight excluding hydrogens is 1260 g/mol. The number of carbonyl (C=O) groups is 10. The van der Waals surface area contributed by atoms with E-state index in [0.29, 0.717) is 136 Å². The fourth-order valence-electron chi connectivity index (χ4n) is 9.82. The van der Waals surface area contributed by atoms with Crippen LogP contribution in [0.25, 0.3) is 0 Å². The molecule has 584 valence electrons. The van der Waals surface area contributed by atoms with E-state index in [4.69, 9.17) is 23.7 Å². The van der Waals surface area contributed by atoms with Crippen LogP contribution in [0.2, 0.25) is 0 Å². The third-order valence-corrected chi connectivity index (χ3v) is 17.1. The predicted molar refractivity (Wildman–Crippen MR) is 405 cm³/mol. The number of hydrogen-bond donors (Lipinski definition) is 4. The van der Waals surface area contributed by atoms with Crippen LogP contribution in [0, 0.1) is 62.6 Å². The Morgan fingerprint density at radius 2 is 0.657 bits per heavy atom. The molecule has 2 fully saturated rings. The maximum Gasteiger partial charge on any atom is 0.223 e. The fourth-order valence-corrected chi connectivity index (χ4v) is 9.82. The van der Waals surface area contributed by atoms with Crippen LogP contribution in [-0.4, -0.2) is 151 Å². The minimum absolute atomic E-state index is 0. The number of nitrogens with one attached hydrogen (secondary N) is 4. The third-order valence-electron chi connectivity index (χ3n) is 17.1. The van der Waals surface area contributed by atoms with Gasteiger partial charge >= 0.3 is 0 Å². The number of Topliss-reactive ketones (excluding diaryl/α,β-unsaturated/α-hetero) is 6. The second-order valence-electron chi connectivity index (χ2n) is 31.7. The van der Waals surface area contributed by atoms with Crippen LogP contribution in [0.1, 0.15) is 302 Å². The lowest BCUT2D eigenvalue weighted by molar-refractivity contribution is -0.130. The third kappa shape index (κ3) is 59.9. The molecule has 0 aromatic heterocycles. The Balaban J connectivity index is -0.000000360. The highest BCUT2D eigenvalue weighted by Crippen LogP contribution is 2.32. The molecule has 99 heavy (non-hydrogen) atoms. The summed E-state index contributed by atoms with van der Waals surface area (Å²) in [5, 5.41) is 11.2. The van der Waals surface area contributed by atoms with Crippen molar-refractivity contribution in [1.29, 1.82) is 0 Å². The Morgan fingerprint density at radius 1 is 0.354 bits per heavy atom. The highest BCUT2D eigenvalue weighted by Gasteiger charge is 2.29. The molecule has 4 N–H and O–H groups in total. The first-order valence-electron chi connectivity index (χ1n) is 37.7. The minimum atomic E-state index is -0.302. The van der Waals surface area contributed by atoms with Gasteiger partial charge in [-0.2, -0.15) is 0 Å². The number of rotatable bonds is 39. The number of carbonyl (C=O) groups excluding carboxylic acids is 10. The Morgan fingerprint density at radius 3 is 0.960 bits per heavy atom. The summed E-state index contributed by atoms with van der Waals surface area (Å²) in [5.74, 6) is 4.07. The molecule has 1 atom stereocenters. The molecule has 0 heterocycles. The number of amides is 4. The summed E-state index contributed by atoms with van der Waals surface area (Å²) in [6.07, 6.45) is 17.6. The van der Waals surface area contributed by atoms with E-state index in [-0.39, 0.29) is 111 Å². The van der Waals surface area contributed by atoms with Crippen LogP contribution in [-0.2, 0) is 71.6 Å². The van der Waals surface area contributed by atoms with Gasteiger partial charge in [-0.15, -0.1) is 0 Å². The number of ether oxygens (including phenoxy) is 5. The first kappa shape index (κ1) is 103. The molecule has 0 aliphatic heterocycles. The topological polar surface area (TPSA) is 265 Å². The summed E-state index contributed by atoms with van der Waals surface area (Å²) in [7, 11) is 0. The van der Waals surface area contributed by atoms with E-state index in [1.54, 1.807) is 6.92 Å². The maximum absolute atomic E-state index is 12.0. The normalized spacial score (nSPS) is 16.4. The SMILES string of the molecule is C.CCC(=O)NCCC(=O)C(C)(C)C.CCC(=O)NCCOCCOCCC(=O)C(C)(C)C.CCC1CCC(C(=O)NCCC(=O)C(C)(C)C)CC1.CCC1CCC(C(=O)NCCC(=O)C(C)C)CC1.CCCC(C)C(=O)C(C)(C)C.CCCOCCOCCOCCC(=O)C(C)(C)C. The molecule has 1 unspecified atom stereocenters. The Labute approximate surface area is 605 Å². The van der Waals surface area contributed by atoms with Gasteiger partial charge in [-0.3, -0.25) is 47.9 Å². The lowest BCUT2D eigenvalue weighted by atomic mass is 9.80. The molecule has 2 saturated carbocycles. The largest absolute Gasteiger partial charge is 0.379 e. The molecule has 0 spiro atoms. The zero-order chi connectivity index (χ0) is 76.1. The van der Waals surface area contributed by atoms with Crippen molar-refractivity contribution < 1.29 is 71.6 Å². The second-order valence-corrected chi connectivity index (χ2v) is 31.7. The summed E-state index contributed by atoms with van der Waals surface area (Å²) in [6.45, 7) is 54.4. The zero-order valence-electron chi connectivity index (χ0n) is 67.1. The van der Waals surface area contributed by atoms with Crippen molar-refractivity contribution in [2.75, 3.05) is 92.2 Å². The molecule has 4 amide bonds. The minimum Gasteiger partial charge on any atom is -0.379 e. The van der Waals surface area contributed by atoms with Gasteiger partial charge in [0.25, 0.3) is 0 Å². The van der Waals surface area contributed by atoms with Crippen LogP contribution in [0.15, 0.2) is 0 Å². The van der Waals surface area contributed by atoms with Crippen LogP contribution >= 0.6 is 0 Å². The van der Waals surface area contributed by atoms with Gasteiger partial charge in [-0.05, 0) is 76.0 Å². The van der Waals surface area contributed by atoms with Gasteiger partial charge in [-0.1, -0.05) is 193 Å². The van der Waals surface area contributed by atoms with Gasteiger partial charge in [0.1, 0.15) is 34.7 Å². The smallest absolute Gasteiger partial charge is 0.223 e. The van der Waals surface area contributed by atoms with Crippen LogP contribution in [0.3, 0.4) is 0 Å². The average Bonchev–Trinajstić information content (AvgIpc) is 0.941. The van der Waals surface area contributed by atoms with Crippen molar-refractivity contribution in [3.05, 3.63) is 0 Å². The molecule has 2 rings (SSSR count). The van der Waals surface area contributed by atoms with Crippen molar-refractivity contribution in [3.8, 4) is 0 Å². The molecular formula is C80H154N4O15. The van der Waals surface area contributed by atoms with E-state index < -0.39 is 0 Å². The van der Waals surface area contributed by atoms with E-state index in [9.17, 15) is 47.9 Å². The summed E-state index contributed by atoms with van der Waals surface area (Å²) >= 11 is 0. The van der Waals surface area contributed by atoms with E-state index in [1.807, 2.05) is 132 Å². The van der Waals surface area contributed by atoms with E-state index in [0.717, 1.165) is 63.4 Å². The van der Waals surface area contributed by atoms with Crippen LogP contribution in [0.4, 0.5) is 0 Å². The molecule has 0 saturated heterocycles. The lowest BCUT2D eigenvalue weighted by Gasteiger charge is -2.27. The zero-order valence-corrected chi connectivity index (χ0v) is 67.1. The van der Waals surface area contributed by atoms with Gasteiger partial charge in [0.2, 0.25) is 23.6 Å². The predicted octanol–water partition coefficient (Wildman–Crippen LogP) is 15.5. The molecule has 2 aliphatic carbocycles. The summed E-state index contributed by atoms with van der Waals surface area (Å²) in [4.78, 5) is 115. The molecule has 19 heteroatoms. The Bertz CT molecular complexity index is 2160. The molecule has 0 aromatic carbocycles. The molecule has 0 radical (unpaired) electrons. The van der Waals surface area contributed by atoms with Crippen molar-refractivity contribution in [2.24, 2.45) is 62.6 Å². The number of hydrogen-bond acceptors (Lipinski definition) is 15.